The van der Waals surface area contributed by atoms with Gasteiger partial charge < -0.3 is 14.3 Å². The van der Waals surface area contributed by atoms with Crippen LogP contribution in [0.4, 0.5) is 13.2 Å². The highest BCUT2D eigenvalue weighted by Crippen LogP contribution is 2.34. The first-order valence-electron chi connectivity index (χ1n) is 12.5. The molecule has 1 amide bonds. The van der Waals surface area contributed by atoms with E-state index in [-0.39, 0.29) is 23.0 Å². The molecule has 5 rings (SSSR count). The number of carbonyl (C=O) groups is 1. The third-order valence-corrected chi connectivity index (χ3v) is 6.65. The third kappa shape index (κ3) is 5.31. The number of hydrogen-bond donors (Lipinski definition) is 1. The summed E-state index contributed by atoms with van der Waals surface area (Å²) in [6.45, 7) is 9.20. The Hall–Kier alpha value is -4.00. The molecule has 0 radical (unpaired) electrons. The highest BCUT2D eigenvalue weighted by molar-refractivity contribution is 5.94. The molecule has 10 nitrogen and oxygen atoms in total. The molecule has 1 aliphatic rings. The van der Waals surface area contributed by atoms with E-state index < -0.39 is 34.8 Å². The summed E-state index contributed by atoms with van der Waals surface area (Å²) in [7, 11) is 1.83. The van der Waals surface area contributed by atoms with Gasteiger partial charge in [0.2, 0.25) is 11.8 Å². The maximum Gasteiger partial charge on any atom is 0.272 e. The lowest BCUT2D eigenvalue weighted by atomic mass is 9.86. The largest absolute Gasteiger partial charge is 0.423 e. The second kappa shape index (κ2) is 9.95. The van der Waals surface area contributed by atoms with Crippen LogP contribution in [0.1, 0.15) is 60.3 Å². The van der Waals surface area contributed by atoms with Crippen LogP contribution in [0.5, 0.6) is 0 Å². The van der Waals surface area contributed by atoms with Crippen LogP contribution < -0.4 is 5.32 Å². The van der Waals surface area contributed by atoms with Gasteiger partial charge in [-0.2, -0.15) is 5.10 Å². The molecule has 1 aliphatic heterocycles. The number of nitrogens with zero attached hydrogens (tertiary/aromatic N) is 7. The minimum absolute atomic E-state index is 0.0496. The van der Waals surface area contributed by atoms with Crippen molar-refractivity contribution in [2.24, 2.45) is 12.5 Å². The lowest BCUT2D eigenvalue weighted by molar-refractivity contribution is 0.0876. The van der Waals surface area contributed by atoms with Gasteiger partial charge in [0.15, 0.2) is 17.3 Å². The van der Waals surface area contributed by atoms with Crippen LogP contribution >= 0.6 is 0 Å². The number of nitrogens with one attached hydrogen (secondary N) is 1. The molecule has 206 valence electrons. The van der Waals surface area contributed by atoms with Crippen molar-refractivity contribution < 1.29 is 22.4 Å². The topological polar surface area (TPSA) is 107 Å². The lowest BCUT2D eigenvalue weighted by Crippen LogP contribution is -2.39. The van der Waals surface area contributed by atoms with E-state index in [1.54, 1.807) is 22.4 Å². The summed E-state index contributed by atoms with van der Waals surface area (Å²) in [5.41, 5.74) is 0.833. The number of aryl methyl sites for hydroxylation is 2. The van der Waals surface area contributed by atoms with Crippen LogP contribution in [0.2, 0.25) is 0 Å². The number of amides is 1. The van der Waals surface area contributed by atoms with Crippen LogP contribution in [-0.2, 0) is 26.7 Å². The Morgan fingerprint density at radius 1 is 1.13 bits per heavy atom. The molecule has 0 fully saturated rings. The summed E-state index contributed by atoms with van der Waals surface area (Å²) >= 11 is 0. The van der Waals surface area contributed by atoms with Gasteiger partial charge in [0.05, 0.1) is 17.5 Å². The normalized spacial score (nSPS) is 14.9. The Balaban J connectivity index is 1.55. The predicted octanol–water partition coefficient (Wildman–Crippen LogP) is 3.93. The zero-order chi connectivity index (χ0) is 28.1. The van der Waals surface area contributed by atoms with Crippen molar-refractivity contribution in [1.29, 1.82) is 0 Å². The number of aromatic nitrogens is 6. The Kier molecular flexibility index (Phi) is 6.79. The summed E-state index contributed by atoms with van der Waals surface area (Å²) in [6, 6.07) is 0.599. The van der Waals surface area contributed by atoms with Gasteiger partial charge in [0, 0.05) is 58.0 Å². The fourth-order valence-corrected chi connectivity index (χ4v) is 4.72. The predicted molar refractivity (Wildman–Crippen MR) is 134 cm³/mol. The smallest absolute Gasteiger partial charge is 0.272 e. The van der Waals surface area contributed by atoms with Crippen molar-refractivity contribution in [2.75, 3.05) is 6.54 Å². The summed E-state index contributed by atoms with van der Waals surface area (Å²) in [4.78, 5) is 20.3. The molecule has 1 N–H and O–H groups in total. The Labute approximate surface area is 222 Å². The number of imidazole rings is 1. The zero-order valence-corrected chi connectivity index (χ0v) is 22.3. The first kappa shape index (κ1) is 26.6. The second-order valence-corrected chi connectivity index (χ2v) is 10.8. The van der Waals surface area contributed by atoms with Gasteiger partial charge in [0.25, 0.3) is 5.91 Å². The molecule has 13 heteroatoms. The Bertz CT molecular complexity index is 1530. The highest BCUT2D eigenvalue weighted by Gasteiger charge is 2.36. The van der Waals surface area contributed by atoms with Crippen LogP contribution in [0, 0.1) is 29.8 Å². The van der Waals surface area contributed by atoms with Gasteiger partial charge >= 0.3 is 0 Å². The van der Waals surface area contributed by atoms with Gasteiger partial charge in [-0.1, -0.05) is 20.8 Å². The molecule has 3 aromatic heterocycles. The number of benzene rings is 1. The van der Waals surface area contributed by atoms with Crippen molar-refractivity contribution in [3.05, 3.63) is 70.7 Å². The fourth-order valence-electron chi connectivity index (χ4n) is 4.72. The average Bonchev–Trinajstić information content (AvgIpc) is 3.57. The van der Waals surface area contributed by atoms with E-state index in [1.165, 1.54) is 0 Å². The quantitative estimate of drug-likeness (QED) is 0.368. The van der Waals surface area contributed by atoms with Gasteiger partial charge in [-0.05, 0) is 11.5 Å². The summed E-state index contributed by atoms with van der Waals surface area (Å²) < 4.78 is 51.7. The van der Waals surface area contributed by atoms with E-state index in [0.29, 0.717) is 43.8 Å². The first-order chi connectivity index (χ1) is 18.4. The molecule has 1 aromatic carbocycles. The molecule has 0 saturated carbocycles. The monoisotopic (exact) mass is 542 g/mol. The van der Waals surface area contributed by atoms with E-state index in [1.807, 2.05) is 34.0 Å². The van der Waals surface area contributed by atoms with Gasteiger partial charge in [-0.15, -0.1) is 10.2 Å². The average molecular weight is 543 g/mol. The SMILES string of the molecule is Cc1nnc([C@@H](NC(=O)c2nc(-c3cc(F)c(F)cc3F)n3c2CN(Cc2cnn(C)c2)CC3)C(C)(C)C)o1. The Morgan fingerprint density at radius 2 is 1.87 bits per heavy atom. The molecule has 0 spiro atoms. The minimum atomic E-state index is -1.30. The molecule has 1 atom stereocenters. The third-order valence-electron chi connectivity index (χ3n) is 6.65. The zero-order valence-electron chi connectivity index (χ0n) is 22.3. The molecular weight excluding hydrogens is 513 g/mol. The van der Waals surface area contributed by atoms with E-state index in [2.05, 4.69) is 30.5 Å². The minimum Gasteiger partial charge on any atom is -0.423 e. The van der Waals surface area contributed by atoms with Crippen molar-refractivity contribution in [3.8, 4) is 11.4 Å². The van der Waals surface area contributed by atoms with Gasteiger partial charge in [0.1, 0.15) is 17.7 Å². The molecule has 39 heavy (non-hydrogen) atoms. The van der Waals surface area contributed by atoms with Crippen LogP contribution in [-0.4, -0.2) is 46.9 Å². The van der Waals surface area contributed by atoms with Crippen molar-refractivity contribution in [1.82, 2.24) is 39.7 Å². The van der Waals surface area contributed by atoms with Gasteiger partial charge in [-0.3, -0.25) is 14.4 Å². The summed E-state index contributed by atoms with van der Waals surface area (Å²) in [5, 5.41) is 15.1. The number of carbonyl (C=O) groups excluding carboxylic acids is 1. The standard InChI is InChI=1S/C26H29F3N8O2/c1-14-33-34-25(39-14)22(26(2,3)4)32-24(38)21-20-13-36(12-15-10-30-35(5)11-15)6-7-37(20)23(31-21)16-8-18(28)19(29)9-17(16)27/h8-11,22H,6-7,12-13H2,1-5H3,(H,32,38)/t22-/m1/s1. The first-order valence-corrected chi connectivity index (χ1v) is 12.5. The number of hydrogen-bond acceptors (Lipinski definition) is 7. The number of fused-ring (bicyclic) bond motifs is 1. The molecular formula is C26H29F3N8O2. The molecule has 0 bridgehead atoms. The molecule has 0 saturated heterocycles. The van der Waals surface area contributed by atoms with Crippen molar-refractivity contribution in [3.63, 3.8) is 0 Å². The lowest BCUT2D eigenvalue weighted by Gasteiger charge is -2.30. The van der Waals surface area contributed by atoms with Crippen LogP contribution in [0.3, 0.4) is 0 Å². The highest BCUT2D eigenvalue weighted by atomic mass is 19.2. The fraction of sp³-hybridized carbons (Fsp3) is 0.423. The molecule has 4 aromatic rings. The second-order valence-electron chi connectivity index (χ2n) is 10.8. The van der Waals surface area contributed by atoms with E-state index in [0.717, 1.165) is 11.6 Å². The van der Waals surface area contributed by atoms with Crippen molar-refractivity contribution in [2.45, 2.75) is 53.4 Å². The van der Waals surface area contributed by atoms with Crippen molar-refractivity contribution >= 4 is 5.91 Å². The molecule has 0 aliphatic carbocycles. The van der Waals surface area contributed by atoms with E-state index >= 15 is 0 Å². The maximum atomic E-state index is 14.8. The number of halogens is 3. The van der Waals surface area contributed by atoms with Crippen LogP contribution in [0.25, 0.3) is 11.4 Å². The van der Waals surface area contributed by atoms with Gasteiger partial charge in [-0.25, -0.2) is 18.2 Å². The summed E-state index contributed by atoms with van der Waals surface area (Å²) in [5.74, 6) is -3.36. The number of rotatable bonds is 6. The van der Waals surface area contributed by atoms with Crippen LogP contribution in [0.15, 0.2) is 28.9 Å². The molecule has 0 unspecified atom stereocenters. The van der Waals surface area contributed by atoms with E-state index in [9.17, 15) is 18.0 Å². The molecule has 4 heterocycles. The Morgan fingerprint density at radius 3 is 2.51 bits per heavy atom. The maximum absolute atomic E-state index is 14.8. The summed E-state index contributed by atoms with van der Waals surface area (Å²) in [6.07, 6.45) is 3.67. The van der Waals surface area contributed by atoms with E-state index in [4.69, 9.17) is 4.42 Å².